The Labute approximate surface area is 103 Å². The van der Waals surface area contributed by atoms with Crippen LogP contribution in [0.3, 0.4) is 0 Å². The van der Waals surface area contributed by atoms with Crippen LogP contribution in [0, 0.1) is 0 Å². The Morgan fingerprint density at radius 2 is 1.68 bits per heavy atom. The van der Waals surface area contributed by atoms with Gasteiger partial charge in [0.25, 0.3) is 0 Å². The molecule has 2 rings (SSSR count). The Bertz CT molecular complexity index is 717. The minimum absolute atomic E-state index is 0.00697. The third-order valence-electron chi connectivity index (χ3n) is 2.56. The Kier molecular flexibility index (Phi) is 3.19. The highest BCUT2D eigenvalue weighted by Crippen LogP contribution is 2.29. The largest absolute Gasteiger partial charge is 0.391 e. The lowest BCUT2D eigenvalue weighted by Gasteiger charge is -2.13. The lowest BCUT2D eigenvalue weighted by atomic mass is 10.1. The SMILES string of the molecule is O=c1[nH]c2ccc(C(O)CC(F)(F)F)cc2[nH]c1=O. The fourth-order valence-electron chi connectivity index (χ4n) is 1.68. The van der Waals surface area contributed by atoms with E-state index in [1.807, 2.05) is 0 Å². The molecule has 102 valence electrons. The second kappa shape index (κ2) is 4.54. The average Bonchev–Trinajstić information content (AvgIpc) is 2.27. The van der Waals surface area contributed by atoms with Crippen LogP contribution in [0.1, 0.15) is 18.1 Å². The highest BCUT2D eigenvalue weighted by Gasteiger charge is 2.31. The summed E-state index contributed by atoms with van der Waals surface area (Å²) in [7, 11) is 0. The molecule has 8 heteroatoms. The van der Waals surface area contributed by atoms with E-state index < -0.39 is 29.8 Å². The summed E-state index contributed by atoms with van der Waals surface area (Å²) >= 11 is 0. The molecule has 0 aliphatic heterocycles. The molecule has 1 unspecified atom stereocenters. The summed E-state index contributed by atoms with van der Waals surface area (Å²) in [6, 6.07) is 3.78. The monoisotopic (exact) mass is 274 g/mol. The number of fused-ring (bicyclic) bond motifs is 1. The number of aliphatic hydroxyl groups excluding tert-OH is 1. The van der Waals surface area contributed by atoms with Gasteiger partial charge in [-0.3, -0.25) is 9.59 Å². The molecule has 0 aliphatic carbocycles. The van der Waals surface area contributed by atoms with Crippen LogP contribution in [0.25, 0.3) is 11.0 Å². The Balaban J connectivity index is 2.44. The lowest BCUT2D eigenvalue weighted by Crippen LogP contribution is -2.28. The van der Waals surface area contributed by atoms with Crippen LogP contribution >= 0.6 is 0 Å². The van der Waals surface area contributed by atoms with E-state index in [1.165, 1.54) is 18.2 Å². The lowest BCUT2D eigenvalue weighted by molar-refractivity contribution is -0.154. The maximum absolute atomic E-state index is 12.2. The maximum Gasteiger partial charge on any atom is 0.391 e. The highest BCUT2D eigenvalue weighted by atomic mass is 19.4. The van der Waals surface area contributed by atoms with Crippen molar-refractivity contribution in [2.45, 2.75) is 18.7 Å². The van der Waals surface area contributed by atoms with Crippen molar-refractivity contribution in [2.24, 2.45) is 0 Å². The second-order valence-corrected chi connectivity index (χ2v) is 4.05. The number of aromatic amines is 2. The van der Waals surface area contributed by atoms with Gasteiger partial charge in [0.2, 0.25) is 0 Å². The van der Waals surface area contributed by atoms with Crippen LogP contribution < -0.4 is 11.1 Å². The summed E-state index contributed by atoms with van der Waals surface area (Å²) < 4.78 is 36.5. The zero-order valence-corrected chi connectivity index (χ0v) is 9.41. The van der Waals surface area contributed by atoms with E-state index in [2.05, 4.69) is 9.97 Å². The summed E-state index contributed by atoms with van der Waals surface area (Å²) in [6.07, 6.45) is -7.60. The summed E-state index contributed by atoms with van der Waals surface area (Å²) in [5.41, 5.74) is -1.32. The molecule has 1 aromatic carbocycles. The quantitative estimate of drug-likeness (QED) is 0.719. The minimum Gasteiger partial charge on any atom is -0.388 e. The van der Waals surface area contributed by atoms with Gasteiger partial charge in [-0.2, -0.15) is 13.2 Å². The fraction of sp³-hybridized carbons (Fsp3) is 0.273. The molecule has 1 aromatic heterocycles. The van der Waals surface area contributed by atoms with Gasteiger partial charge >= 0.3 is 17.3 Å². The molecule has 2 aromatic rings. The molecule has 1 atom stereocenters. The van der Waals surface area contributed by atoms with E-state index in [0.717, 1.165) is 0 Å². The predicted octanol–water partition coefficient (Wildman–Crippen LogP) is 1.20. The van der Waals surface area contributed by atoms with Crippen LogP contribution in [0.5, 0.6) is 0 Å². The van der Waals surface area contributed by atoms with E-state index >= 15 is 0 Å². The molecule has 0 saturated carbocycles. The molecule has 0 saturated heterocycles. The molecule has 19 heavy (non-hydrogen) atoms. The summed E-state index contributed by atoms with van der Waals surface area (Å²) in [6.45, 7) is 0. The molecule has 0 fully saturated rings. The number of nitrogens with one attached hydrogen (secondary N) is 2. The number of rotatable bonds is 2. The molecule has 1 heterocycles. The molecule has 0 amide bonds. The van der Waals surface area contributed by atoms with Crippen LogP contribution in [-0.4, -0.2) is 21.3 Å². The second-order valence-electron chi connectivity index (χ2n) is 4.05. The first-order valence-corrected chi connectivity index (χ1v) is 5.27. The Hall–Kier alpha value is -2.09. The van der Waals surface area contributed by atoms with Crippen molar-refractivity contribution in [2.75, 3.05) is 0 Å². The number of H-pyrrole nitrogens is 2. The first kappa shape index (κ1) is 13.3. The van der Waals surface area contributed by atoms with Crippen molar-refractivity contribution in [3.05, 3.63) is 44.5 Å². The number of alkyl halides is 3. The third-order valence-corrected chi connectivity index (χ3v) is 2.56. The number of aliphatic hydroxyl groups is 1. The normalized spacial score (nSPS) is 13.7. The smallest absolute Gasteiger partial charge is 0.388 e. The van der Waals surface area contributed by atoms with E-state index in [-0.39, 0.29) is 16.6 Å². The van der Waals surface area contributed by atoms with Crippen molar-refractivity contribution in [1.29, 1.82) is 0 Å². The molecule has 3 N–H and O–H groups in total. The van der Waals surface area contributed by atoms with E-state index in [4.69, 9.17) is 0 Å². The van der Waals surface area contributed by atoms with Gasteiger partial charge < -0.3 is 15.1 Å². The van der Waals surface area contributed by atoms with Crippen LogP contribution in [0.2, 0.25) is 0 Å². The van der Waals surface area contributed by atoms with Gasteiger partial charge in [-0.1, -0.05) is 6.07 Å². The first-order valence-electron chi connectivity index (χ1n) is 5.27. The number of hydrogen-bond donors (Lipinski definition) is 3. The number of benzene rings is 1. The zero-order chi connectivity index (χ0) is 14.2. The van der Waals surface area contributed by atoms with Gasteiger partial charge in [-0.05, 0) is 17.7 Å². The van der Waals surface area contributed by atoms with Gasteiger partial charge in [0.05, 0.1) is 23.6 Å². The molecular formula is C11H9F3N2O3. The summed E-state index contributed by atoms with van der Waals surface area (Å²) in [5.74, 6) is 0. The predicted molar refractivity (Wildman–Crippen MR) is 60.8 cm³/mol. The average molecular weight is 274 g/mol. The van der Waals surface area contributed by atoms with E-state index in [1.54, 1.807) is 0 Å². The van der Waals surface area contributed by atoms with Gasteiger partial charge in [0.1, 0.15) is 0 Å². The van der Waals surface area contributed by atoms with Crippen molar-refractivity contribution in [1.82, 2.24) is 9.97 Å². The number of hydrogen-bond acceptors (Lipinski definition) is 3. The molecule has 0 aliphatic rings. The highest BCUT2D eigenvalue weighted by molar-refractivity contribution is 5.74. The first-order chi connectivity index (χ1) is 8.76. The van der Waals surface area contributed by atoms with Gasteiger partial charge in [-0.25, -0.2) is 0 Å². The standard InChI is InChI=1S/C11H9F3N2O3/c12-11(13,14)4-8(17)5-1-2-6-7(3-5)16-10(19)9(18)15-6/h1-3,8,17H,4H2,(H,15,18)(H,16,19). The Morgan fingerprint density at radius 3 is 2.26 bits per heavy atom. The van der Waals surface area contributed by atoms with E-state index in [0.29, 0.717) is 0 Å². The molecule has 0 bridgehead atoms. The van der Waals surface area contributed by atoms with E-state index in [9.17, 15) is 27.9 Å². The summed E-state index contributed by atoms with van der Waals surface area (Å²) in [4.78, 5) is 26.6. The van der Waals surface area contributed by atoms with Gasteiger partial charge in [-0.15, -0.1) is 0 Å². The van der Waals surface area contributed by atoms with Crippen LogP contribution in [-0.2, 0) is 0 Å². The van der Waals surface area contributed by atoms with Crippen LogP contribution in [0.4, 0.5) is 13.2 Å². The number of halogens is 3. The molecule has 0 spiro atoms. The van der Waals surface area contributed by atoms with Gasteiger partial charge in [0.15, 0.2) is 0 Å². The van der Waals surface area contributed by atoms with Crippen LogP contribution in [0.15, 0.2) is 27.8 Å². The minimum atomic E-state index is -4.49. The van der Waals surface area contributed by atoms with Gasteiger partial charge in [0, 0.05) is 0 Å². The van der Waals surface area contributed by atoms with Crippen molar-refractivity contribution >= 4 is 11.0 Å². The van der Waals surface area contributed by atoms with Crippen molar-refractivity contribution < 1.29 is 18.3 Å². The zero-order valence-electron chi connectivity index (χ0n) is 9.41. The third kappa shape index (κ3) is 3.02. The molecule has 5 nitrogen and oxygen atoms in total. The fourth-order valence-corrected chi connectivity index (χ4v) is 1.68. The summed E-state index contributed by atoms with van der Waals surface area (Å²) in [5, 5.41) is 9.46. The molecular weight excluding hydrogens is 265 g/mol. The topological polar surface area (TPSA) is 85.9 Å². The maximum atomic E-state index is 12.2. The number of aromatic nitrogens is 2. The van der Waals surface area contributed by atoms with Crippen molar-refractivity contribution in [3.63, 3.8) is 0 Å². The Morgan fingerprint density at radius 1 is 1.11 bits per heavy atom. The van der Waals surface area contributed by atoms with Crippen molar-refractivity contribution in [3.8, 4) is 0 Å². The molecule has 0 radical (unpaired) electrons.